The summed E-state index contributed by atoms with van der Waals surface area (Å²) in [5, 5.41) is 2.55. The summed E-state index contributed by atoms with van der Waals surface area (Å²) in [5.41, 5.74) is -0.346. The number of carbonyl (C=O) groups is 1. The standard InChI is InChI=1S/C13H13BrF3NO3/c1-12(2)6-20-11(19)18-10(12)8-5-7(14)3-4-9(8)21-13(15,16)17/h3-5,10H,6H2,1-2H3,(H,18,19)/t10-/m0/s1. The Bertz CT molecular complexity index is 560. The molecule has 1 aromatic rings. The second-order valence-electron chi connectivity index (χ2n) is 5.37. The third-order valence-electron chi connectivity index (χ3n) is 3.13. The number of ether oxygens (including phenoxy) is 2. The van der Waals surface area contributed by atoms with Gasteiger partial charge >= 0.3 is 12.5 Å². The highest BCUT2D eigenvalue weighted by molar-refractivity contribution is 9.10. The Labute approximate surface area is 127 Å². The first-order chi connectivity index (χ1) is 9.58. The SMILES string of the molecule is CC1(C)COC(=O)N[C@H]1c1cc(Br)ccc1OC(F)(F)F. The molecular weight excluding hydrogens is 355 g/mol. The third-order valence-corrected chi connectivity index (χ3v) is 3.62. The molecule has 1 aliphatic heterocycles. The van der Waals surface area contributed by atoms with Crippen molar-refractivity contribution in [1.82, 2.24) is 5.32 Å². The fourth-order valence-corrected chi connectivity index (χ4v) is 2.53. The minimum atomic E-state index is -4.80. The molecular formula is C13H13BrF3NO3. The second kappa shape index (κ2) is 5.40. The third kappa shape index (κ3) is 3.81. The van der Waals surface area contributed by atoms with Crippen molar-refractivity contribution in [2.45, 2.75) is 26.3 Å². The van der Waals surface area contributed by atoms with Gasteiger partial charge in [0.1, 0.15) is 12.4 Å². The molecule has 0 aliphatic carbocycles. The minimum Gasteiger partial charge on any atom is -0.449 e. The maximum Gasteiger partial charge on any atom is 0.573 e. The lowest BCUT2D eigenvalue weighted by Gasteiger charge is -2.39. The summed E-state index contributed by atoms with van der Waals surface area (Å²) in [6.07, 6.45) is -5.47. The highest BCUT2D eigenvalue weighted by Crippen LogP contribution is 2.42. The average Bonchev–Trinajstić information content (AvgIpc) is 2.33. The van der Waals surface area contributed by atoms with Crippen molar-refractivity contribution >= 4 is 22.0 Å². The summed E-state index contributed by atoms with van der Waals surface area (Å²) in [6, 6.07) is 3.50. The van der Waals surface area contributed by atoms with Gasteiger partial charge in [0, 0.05) is 15.5 Å². The number of benzene rings is 1. The lowest BCUT2D eigenvalue weighted by Crippen LogP contribution is -2.47. The predicted octanol–water partition coefficient (Wildman–Crippen LogP) is 4.15. The molecule has 2 rings (SSSR count). The van der Waals surface area contributed by atoms with Gasteiger partial charge in [0.05, 0.1) is 6.04 Å². The fourth-order valence-electron chi connectivity index (χ4n) is 2.15. The van der Waals surface area contributed by atoms with Gasteiger partial charge in [0.25, 0.3) is 0 Å². The molecule has 1 amide bonds. The van der Waals surface area contributed by atoms with E-state index < -0.39 is 23.9 Å². The first kappa shape index (κ1) is 15.9. The van der Waals surface area contributed by atoms with E-state index in [1.165, 1.54) is 18.2 Å². The van der Waals surface area contributed by atoms with Gasteiger partial charge in [-0.25, -0.2) is 4.79 Å². The second-order valence-corrected chi connectivity index (χ2v) is 6.29. The molecule has 1 aromatic carbocycles. The Morgan fingerprint density at radius 3 is 2.71 bits per heavy atom. The number of alkyl carbamates (subject to hydrolysis) is 1. The quantitative estimate of drug-likeness (QED) is 0.853. The largest absolute Gasteiger partial charge is 0.573 e. The van der Waals surface area contributed by atoms with Crippen LogP contribution in [0.25, 0.3) is 0 Å². The van der Waals surface area contributed by atoms with Gasteiger partial charge in [-0.15, -0.1) is 13.2 Å². The van der Waals surface area contributed by atoms with Crippen LogP contribution in [-0.4, -0.2) is 19.1 Å². The van der Waals surface area contributed by atoms with E-state index in [9.17, 15) is 18.0 Å². The maximum absolute atomic E-state index is 12.5. The van der Waals surface area contributed by atoms with E-state index in [-0.39, 0.29) is 17.9 Å². The number of rotatable bonds is 2. The van der Waals surface area contributed by atoms with Gasteiger partial charge in [0.2, 0.25) is 0 Å². The Hall–Kier alpha value is -1.44. The van der Waals surface area contributed by atoms with Crippen molar-refractivity contribution in [2.75, 3.05) is 6.61 Å². The minimum absolute atomic E-state index is 0.0987. The number of amides is 1. The van der Waals surface area contributed by atoms with Crippen molar-refractivity contribution in [3.8, 4) is 5.75 Å². The number of hydrogen-bond donors (Lipinski definition) is 1. The van der Waals surface area contributed by atoms with Crippen LogP contribution in [-0.2, 0) is 4.74 Å². The van der Waals surface area contributed by atoms with Crippen molar-refractivity contribution in [2.24, 2.45) is 5.41 Å². The van der Waals surface area contributed by atoms with E-state index in [0.717, 1.165) is 0 Å². The summed E-state index contributed by atoms with van der Waals surface area (Å²) in [7, 11) is 0. The Balaban J connectivity index is 2.45. The van der Waals surface area contributed by atoms with Crippen LogP contribution >= 0.6 is 15.9 Å². The Kier molecular flexibility index (Phi) is 4.10. The van der Waals surface area contributed by atoms with Crippen LogP contribution in [0.2, 0.25) is 0 Å². The number of alkyl halides is 3. The zero-order chi connectivity index (χ0) is 15.8. The topological polar surface area (TPSA) is 47.6 Å². The molecule has 116 valence electrons. The van der Waals surface area contributed by atoms with Crippen molar-refractivity contribution in [3.05, 3.63) is 28.2 Å². The van der Waals surface area contributed by atoms with E-state index in [1.807, 2.05) is 0 Å². The predicted molar refractivity (Wildman–Crippen MR) is 71.8 cm³/mol. The first-order valence-corrected chi connectivity index (χ1v) is 6.86. The number of cyclic esters (lactones) is 1. The number of carbonyl (C=O) groups excluding carboxylic acids is 1. The van der Waals surface area contributed by atoms with Gasteiger partial charge in [-0.1, -0.05) is 29.8 Å². The number of nitrogens with one attached hydrogen (secondary N) is 1. The monoisotopic (exact) mass is 367 g/mol. The molecule has 1 N–H and O–H groups in total. The van der Waals surface area contributed by atoms with Crippen molar-refractivity contribution in [3.63, 3.8) is 0 Å². The van der Waals surface area contributed by atoms with Crippen molar-refractivity contribution in [1.29, 1.82) is 0 Å². The van der Waals surface area contributed by atoms with Crippen molar-refractivity contribution < 1.29 is 27.4 Å². The van der Waals surface area contributed by atoms with Crippen LogP contribution in [0.3, 0.4) is 0 Å². The number of hydrogen-bond acceptors (Lipinski definition) is 3. The zero-order valence-electron chi connectivity index (χ0n) is 11.3. The highest BCUT2D eigenvalue weighted by Gasteiger charge is 2.41. The molecule has 1 atom stereocenters. The lowest BCUT2D eigenvalue weighted by atomic mass is 9.80. The summed E-state index contributed by atoms with van der Waals surface area (Å²) in [5.74, 6) is -0.342. The van der Waals surface area contributed by atoms with Gasteiger partial charge in [0.15, 0.2) is 0 Å². The molecule has 4 nitrogen and oxygen atoms in total. The lowest BCUT2D eigenvalue weighted by molar-refractivity contribution is -0.275. The zero-order valence-corrected chi connectivity index (χ0v) is 12.8. The molecule has 21 heavy (non-hydrogen) atoms. The maximum atomic E-state index is 12.5. The van der Waals surface area contributed by atoms with Gasteiger partial charge in [-0.3, -0.25) is 0 Å². The Morgan fingerprint density at radius 2 is 2.10 bits per heavy atom. The van der Waals surface area contributed by atoms with Gasteiger partial charge in [-0.05, 0) is 18.2 Å². The van der Waals surface area contributed by atoms with Crippen LogP contribution in [0, 0.1) is 5.41 Å². The molecule has 1 fully saturated rings. The first-order valence-electron chi connectivity index (χ1n) is 6.07. The normalized spacial score (nSPS) is 21.4. The summed E-state index contributed by atoms with van der Waals surface area (Å²) in [6.45, 7) is 3.67. The molecule has 0 aromatic heterocycles. The van der Waals surface area contributed by atoms with Crippen LogP contribution in [0.15, 0.2) is 22.7 Å². The van der Waals surface area contributed by atoms with E-state index in [4.69, 9.17) is 4.74 Å². The highest BCUT2D eigenvalue weighted by atomic mass is 79.9. The average molecular weight is 368 g/mol. The van der Waals surface area contributed by atoms with Crippen LogP contribution in [0.1, 0.15) is 25.5 Å². The molecule has 1 aliphatic rings. The summed E-state index contributed by atoms with van der Waals surface area (Å²) >= 11 is 3.21. The van der Waals surface area contributed by atoms with E-state index in [0.29, 0.717) is 4.47 Å². The molecule has 0 radical (unpaired) electrons. The molecule has 1 heterocycles. The van der Waals surface area contributed by atoms with E-state index in [1.54, 1.807) is 13.8 Å². The van der Waals surface area contributed by atoms with E-state index >= 15 is 0 Å². The number of halogens is 4. The summed E-state index contributed by atoms with van der Waals surface area (Å²) in [4.78, 5) is 11.4. The van der Waals surface area contributed by atoms with Gasteiger partial charge < -0.3 is 14.8 Å². The molecule has 8 heteroatoms. The van der Waals surface area contributed by atoms with Crippen LogP contribution < -0.4 is 10.1 Å². The summed E-state index contributed by atoms with van der Waals surface area (Å²) < 4.78 is 47.1. The molecule has 0 unspecified atom stereocenters. The molecule has 1 saturated heterocycles. The van der Waals surface area contributed by atoms with Gasteiger partial charge in [-0.2, -0.15) is 0 Å². The Morgan fingerprint density at radius 1 is 1.43 bits per heavy atom. The molecule has 0 bridgehead atoms. The molecule has 0 spiro atoms. The van der Waals surface area contributed by atoms with Crippen LogP contribution in [0.5, 0.6) is 5.75 Å². The van der Waals surface area contributed by atoms with Crippen LogP contribution in [0.4, 0.5) is 18.0 Å². The fraction of sp³-hybridized carbons (Fsp3) is 0.462. The smallest absolute Gasteiger partial charge is 0.449 e. The molecule has 0 saturated carbocycles. The van der Waals surface area contributed by atoms with E-state index in [2.05, 4.69) is 26.0 Å².